The fourth-order valence-corrected chi connectivity index (χ4v) is 2.25. The summed E-state index contributed by atoms with van der Waals surface area (Å²) in [7, 11) is 1.52. The molecule has 0 radical (unpaired) electrons. The second-order valence-electron chi connectivity index (χ2n) is 5.53. The third-order valence-corrected chi connectivity index (χ3v) is 3.49. The number of carbonyl (C=O) groups excluding carboxylic acids is 2. The van der Waals surface area contributed by atoms with E-state index in [4.69, 9.17) is 0 Å². The van der Waals surface area contributed by atoms with Gasteiger partial charge < -0.3 is 20.5 Å². The molecule has 0 saturated carbocycles. The van der Waals surface area contributed by atoms with Crippen LogP contribution >= 0.6 is 0 Å². The summed E-state index contributed by atoms with van der Waals surface area (Å²) in [5, 5.41) is 8.06. The molecule has 0 aliphatic carbocycles. The maximum Gasteiger partial charge on any atom is 0.315 e. The highest BCUT2D eigenvalue weighted by molar-refractivity contribution is 5.90. The zero-order valence-electron chi connectivity index (χ0n) is 12.1. The van der Waals surface area contributed by atoms with Crippen molar-refractivity contribution in [3.05, 3.63) is 18.2 Å². The van der Waals surface area contributed by atoms with Crippen molar-refractivity contribution in [3.8, 4) is 0 Å². The largest absolute Gasteiger partial charge is 0.350 e. The van der Waals surface area contributed by atoms with Gasteiger partial charge in [0.15, 0.2) is 0 Å². The number of nitrogens with one attached hydrogen (secondary N) is 3. The van der Waals surface area contributed by atoms with Gasteiger partial charge >= 0.3 is 6.03 Å². The number of hydrogen-bond acceptors (Lipinski definition) is 3. The summed E-state index contributed by atoms with van der Waals surface area (Å²) in [4.78, 5) is 27.8. The number of aromatic nitrogens is 2. The summed E-state index contributed by atoms with van der Waals surface area (Å²) in [5.74, 6) is 0.868. The van der Waals surface area contributed by atoms with E-state index in [0.29, 0.717) is 0 Å². The fourth-order valence-electron chi connectivity index (χ4n) is 2.25. The lowest BCUT2D eigenvalue weighted by atomic mass is 10.0. The van der Waals surface area contributed by atoms with Crippen LogP contribution < -0.4 is 16.0 Å². The van der Waals surface area contributed by atoms with E-state index in [1.807, 2.05) is 10.8 Å². The highest BCUT2D eigenvalue weighted by Crippen LogP contribution is 2.14. The van der Waals surface area contributed by atoms with Crippen LogP contribution in [0.3, 0.4) is 0 Å². The third kappa shape index (κ3) is 3.09. The molecule has 7 nitrogen and oxygen atoms in total. The Kier molecular flexibility index (Phi) is 3.96. The Labute approximate surface area is 118 Å². The second-order valence-corrected chi connectivity index (χ2v) is 5.53. The highest BCUT2D eigenvalue weighted by atomic mass is 16.2. The molecular weight excluding hydrogens is 258 g/mol. The van der Waals surface area contributed by atoms with Crippen molar-refractivity contribution in [2.24, 2.45) is 0 Å². The number of fused-ring (bicyclic) bond motifs is 1. The summed E-state index contributed by atoms with van der Waals surface area (Å²) >= 11 is 0. The van der Waals surface area contributed by atoms with Crippen LogP contribution in [0.2, 0.25) is 0 Å². The van der Waals surface area contributed by atoms with E-state index in [-0.39, 0.29) is 18.0 Å². The zero-order valence-corrected chi connectivity index (χ0v) is 12.1. The molecule has 3 amide bonds. The monoisotopic (exact) mass is 279 g/mol. The highest BCUT2D eigenvalue weighted by Gasteiger charge is 2.31. The minimum atomic E-state index is -0.949. The number of urea groups is 1. The van der Waals surface area contributed by atoms with Crippen LogP contribution in [0.25, 0.3) is 0 Å². The minimum Gasteiger partial charge on any atom is -0.350 e. The van der Waals surface area contributed by atoms with Crippen molar-refractivity contribution in [3.63, 3.8) is 0 Å². The molecule has 7 heteroatoms. The molecule has 0 saturated heterocycles. The van der Waals surface area contributed by atoms with Gasteiger partial charge in [-0.3, -0.25) is 4.79 Å². The SMILES string of the molecule is CNC(=O)NC(C)(C)C(=O)N[C@@H]1CCc2nccn2C1. The quantitative estimate of drug-likeness (QED) is 0.729. The van der Waals surface area contributed by atoms with Crippen molar-refractivity contribution in [1.82, 2.24) is 25.5 Å². The molecule has 0 aromatic carbocycles. The molecule has 1 aromatic rings. The predicted molar refractivity (Wildman–Crippen MR) is 74.1 cm³/mol. The number of carbonyl (C=O) groups is 2. The molecule has 0 spiro atoms. The Morgan fingerprint density at radius 3 is 2.90 bits per heavy atom. The van der Waals surface area contributed by atoms with E-state index < -0.39 is 5.54 Å². The van der Waals surface area contributed by atoms with E-state index in [2.05, 4.69) is 20.9 Å². The molecule has 0 unspecified atom stereocenters. The van der Waals surface area contributed by atoms with Crippen LogP contribution in [-0.4, -0.2) is 40.1 Å². The number of aryl methyl sites for hydroxylation is 1. The smallest absolute Gasteiger partial charge is 0.315 e. The topological polar surface area (TPSA) is 88.1 Å². The van der Waals surface area contributed by atoms with Gasteiger partial charge in [-0.2, -0.15) is 0 Å². The zero-order chi connectivity index (χ0) is 14.8. The Balaban J connectivity index is 1.93. The van der Waals surface area contributed by atoms with E-state index in [0.717, 1.165) is 25.2 Å². The molecule has 0 fully saturated rings. The van der Waals surface area contributed by atoms with Gasteiger partial charge in [0.05, 0.1) is 0 Å². The lowest BCUT2D eigenvalue weighted by Crippen LogP contribution is -2.59. The summed E-state index contributed by atoms with van der Waals surface area (Å²) in [5.41, 5.74) is -0.949. The average Bonchev–Trinajstić information content (AvgIpc) is 2.85. The van der Waals surface area contributed by atoms with Crippen LogP contribution in [-0.2, 0) is 17.8 Å². The molecule has 0 bridgehead atoms. The second kappa shape index (κ2) is 5.52. The lowest BCUT2D eigenvalue weighted by molar-refractivity contribution is -0.127. The third-order valence-electron chi connectivity index (χ3n) is 3.49. The summed E-state index contributed by atoms with van der Waals surface area (Å²) in [6.07, 6.45) is 5.40. The lowest BCUT2D eigenvalue weighted by Gasteiger charge is -2.30. The molecule has 3 N–H and O–H groups in total. The average molecular weight is 279 g/mol. The number of imidazole rings is 1. The minimum absolute atomic E-state index is 0.0648. The Morgan fingerprint density at radius 1 is 1.45 bits per heavy atom. The first-order chi connectivity index (χ1) is 9.42. The molecule has 2 heterocycles. The van der Waals surface area contributed by atoms with Crippen molar-refractivity contribution in [1.29, 1.82) is 0 Å². The van der Waals surface area contributed by atoms with Gasteiger partial charge in [-0.15, -0.1) is 0 Å². The maximum absolute atomic E-state index is 12.3. The number of hydrogen-bond donors (Lipinski definition) is 3. The molecule has 1 atom stereocenters. The van der Waals surface area contributed by atoms with Crippen molar-refractivity contribution in [2.75, 3.05) is 7.05 Å². The fraction of sp³-hybridized carbons (Fsp3) is 0.615. The molecule has 1 aromatic heterocycles. The van der Waals surface area contributed by atoms with Crippen LogP contribution in [0.4, 0.5) is 4.79 Å². The first kappa shape index (κ1) is 14.4. The maximum atomic E-state index is 12.3. The molecule has 2 rings (SSSR count). The molecule has 110 valence electrons. The summed E-state index contributed by atoms with van der Waals surface area (Å²) < 4.78 is 2.05. The van der Waals surface area contributed by atoms with Gasteiger partial charge in [-0.1, -0.05) is 0 Å². The van der Waals surface area contributed by atoms with E-state index in [1.54, 1.807) is 20.0 Å². The first-order valence-corrected chi connectivity index (χ1v) is 6.73. The van der Waals surface area contributed by atoms with Crippen LogP contribution in [0.15, 0.2) is 12.4 Å². The van der Waals surface area contributed by atoms with Crippen LogP contribution in [0.5, 0.6) is 0 Å². The first-order valence-electron chi connectivity index (χ1n) is 6.73. The van der Waals surface area contributed by atoms with Crippen LogP contribution in [0.1, 0.15) is 26.1 Å². The Bertz CT molecular complexity index is 509. The van der Waals surface area contributed by atoms with Crippen LogP contribution in [0, 0.1) is 0 Å². The Morgan fingerprint density at radius 2 is 2.20 bits per heavy atom. The van der Waals surface area contributed by atoms with Gasteiger partial charge in [0, 0.05) is 38.4 Å². The normalized spacial score (nSPS) is 18.1. The van der Waals surface area contributed by atoms with Gasteiger partial charge in [0.1, 0.15) is 11.4 Å². The molecule has 1 aliphatic rings. The van der Waals surface area contributed by atoms with E-state index in [1.165, 1.54) is 7.05 Å². The Hall–Kier alpha value is -2.05. The molecular formula is C13H21N5O2. The summed E-state index contributed by atoms with van der Waals surface area (Å²) in [6.45, 7) is 4.09. The van der Waals surface area contributed by atoms with Gasteiger partial charge in [-0.25, -0.2) is 9.78 Å². The van der Waals surface area contributed by atoms with Gasteiger partial charge in [0.2, 0.25) is 5.91 Å². The summed E-state index contributed by atoms with van der Waals surface area (Å²) in [6, 6.07) is -0.305. The standard InChI is InChI=1S/C13H21N5O2/c1-13(2,17-12(20)14-3)11(19)16-9-4-5-10-15-6-7-18(10)8-9/h6-7,9H,4-5,8H2,1-3H3,(H,16,19)(H2,14,17,20)/t9-/m1/s1. The number of nitrogens with zero attached hydrogens (tertiary/aromatic N) is 2. The predicted octanol–water partition coefficient (Wildman–Crippen LogP) is 0.0217. The number of amides is 3. The molecule has 1 aliphatic heterocycles. The van der Waals surface area contributed by atoms with Crippen molar-refractivity contribution >= 4 is 11.9 Å². The van der Waals surface area contributed by atoms with Gasteiger partial charge in [-0.05, 0) is 20.3 Å². The van der Waals surface area contributed by atoms with E-state index in [9.17, 15) is 9.59 Å². The van der Waals surface area contributed by atoms with Crippen molar-refractivity contribution in [2.45, 2.75) is 44.8 Å². The van der Waals surface area contributed by atoms with Crippen molar-refractivity contribution < 1.29 is 9.59 Å². The number of rotatable bonds is 3. The van der Waals surface area contributed by atoms with E-state index >= 15 is 0 Å². The van der Waals surface area contributed by atoms with Gasteiger partial charge in [0.25, 0.3) is 0 Å². The molecule has 20 heavy (non-hydrogen) atoms.